The Morgan fingerprint density at radius 1 is 0.452 bits per heavy atom. The van der Waals surface area contributed by atoms with E-state index in [-0.39, 0.29) is 46.4 Å². The zero-order valence-electron chi connectivity index (χ0n) is 56.5. The fraction of sp³-hybridized carbons (Fsp3) is 0.726. The molecule has 0 bridgehead atoms. The molecule has 0 saturated heterocycles. The molecule has 0 spiro atoms. The molecule has 0 fully saturated rings. The maximum atomic E-state index is 13.2. The van der Waals surface area contributed by atoms with Crippen LogP contribution < -0.4 is 4.74 Å². The summed E-state index contributed by atoms with van der Waals surface area (Å²) in [6, 6.07) is 29.6. The molecule has 4 unspecified atom stereocenters. The van der Waals surface area contributed by atoms with Gasteiger partial charge in [-0.25, -0.2) is 0 Å². The van der Waals surface area contributed by atoms with E-state index in [4.69, 9.17) is 27.8 Å². The van der Waals surface area contributed by atoms with Gasteiger partial charge in [-0.15, -0.1) is 0 Å². The molecule has 0 aliphatic carbocycles. The van der Waals surface area contributed by atoms with Gasteiger partial charge in [-0.2, -0.15) is 0 Å². The number of benzene rings is 3. The molecule has 0 saturated carbocycles. The van der Waals surface area contributed by atoms with E-state index in [1.165, 1.54) is 64.2 Å². The van der Waals surface area contributed by atoms with Crippen molar-refractivity contribution in [3.8, 4) is 5.75 Å². The molecule has 3 aromatic rings. The summed E-state index contributed by atoms with van der Waals surface area (Å²) >= 11 is 0. The van der Waals surface area contributed by atoms with Gasteiger partial charge in [0.25, 0.3) is 0 Å². The molecule has 0 aliphatic heterocycles. The molecule has 84 heavy (non-hydrogen) atoms. The first-order chi connectivity index (χ1) is 40.0. The number of carbonyl (C=O) groups excluding carboxylic acids is 2. The van der Waals surface area contributed by atoms with Crippen molar-refractivity contribution in [2.75, 3.05) is 33.4 Å². The van der Waals surface area contributed by atoms with E-state index in [2.05, 4.69) is 173 Å². The topological polar surface area (TPSA) is 92.8 Å². The molecule has 0 radical (unpaired) electrons. The Morgan fingerprint density at radius 2 is 0.810 bits per heavy atom. The van der Waals surface area contributed by atoms with Gasteiger partial charge in [0.2, 0.25) is 0 Å². The van der Waals surface area contributed by atoms with Crippen molar-refractivity contribution >= 4 is 28.6 Å². The van der Waals surface area contributed by atoms with Gasteiger partial charge in [0, 0.05) is 39.1 Å². The van der Waals surface area contributed by atoms with Crippen LogP contribution in [0.5, 0.6) is 5.75 Å². The summed E-state index contributed by atoms with van der Waals surface area (Å²) in [5.41, 5.74) is 2.32. The van der Waals surface area contributed by atoms with Crippen LogP contribution in [0.25, 0.3) is 0 Å². The highest BCUT2D eigenvalue weighted by Gasteiger charge is 2.42. The van der Waals surface area contributed by atoms with Crippen LogP contribution in [0, 0.1) is 0 Å². The van der Waals surface area contributed by atoms with E-state index in [0.717, 1.165) is 138 Å². The predicted octanol–water partition coefficient (Wildman–Crippen LogP) is 20.5. The summed E-state index contributed by atoms with van der Waals surface area (Å²) in [7, 11) is -2.72. The molecule has 0 heterocycles. The average molecular weight is 1200 g/mol. The summed E-state index contributed by atoms with van der Waals surface area (Å²) in [6.07, 6.45) is 27.6. The van der Waals surface area contributed by atoms with Crippen LogP contribution >= 0.6 is 0 Å². The van der Waals surface area contributed by atoms with Crippen molar-refractivity contribution in [3.05, 3.63) is 102 Å². The second kappa shape index (κ2) is 40.3. The van der Waals surface area contributed by atoms with Crippen molar-refractivity contribution in [2.45, 2.75) is 309 Å². The highest BCUT2D eigenvalue weighted by Crippen LogP contribution is 2.42. The van der Waals surface area contributed by atoms with Crippen LogP contribution in [0.3, 0.4) is 0 Å². The molecule has 11 heteroatoms. The number of unbranched alkanes of at least 4 members (excludes halogenated alkanes) is 14. The number of hydrogen-bond acceptors (Lipinski definition) is 9. The van der Waals surface area contributed by atoms with Gasteiger partial charge in [0.1, 0.15) is 23.6 Å². The van der Waals surface area contributed by atoms with Crippen LogP contribution in [0.1, 0.15) is 259 Å². The zero-order valence-corrected chi connectivity index (χ0v) is 58.5. The van der Waals surface area contributed by atoms with E-state index >= 15 is 0 Å². The Hall–Kier alpha value is -3.33. The van der Waals surface area contributed by atoms with E-state index in [1.807, 2.05) is 12.1 Å². The minimum Gasteiger partial charge on any atom is -0.497 e. The molecule has 4 atom stereocenters. The van der Waals surface area contributed by atoms with E-state index in [9.17, 15) is 9.59 Å². The van der Waals surface area contributed by atoms with Crippen molar-refractivity contribution < 1.29 is 37.4 Å². The van der Waals surface area contributed by atoms with Crippen LogP contribution in [0.2, 0.25) is 36.3 Å². The molecule has 0 aromatic heterocycles. The standard InChI is InChI=1S/C73H125NO8Si2/c1-16-20-22-24-26-36-47-64(18-3)79-69(75)51-40-30-38-49-67(81-83(12,13)71(5,6)7)59-74(57-42-58-78-73(61-43-32-28-33-44-61,62-45-34-29-35-46-62)63-53-55-66(77-11)56-54-63)60-68(82-84(14,15)72(8,9)10)50-39-31-41-52-70(76)80-65(19-4)48-37-27-25-23-21-17-2/h28-29,32-35,43-46,53-56,64-65,67-68H,16-27,30-31,36-42,47-52,57-60H2,1-15H3. The lowest BCUT2D eigenvalue weighted by molar-refractivity contribution is -0.150. The Labute approximate surface area is 517 Å². The second-order valence-corrected chi connectivity index (χ2v) is 37.0. The predicted molar refractivity (Wildman–Crippen MR) is 359 cm³/mol. The van der Waals surface area contributed by atoms with E-state index < -0.39 is 22.2 Å². The van der Waals surface area contributed by atoms with Crippen LogP contribution in [-0.4, -0.2) is 91.2 Å². The number of esters is 2. The minimum atomic E-state index is -2.21. The summed E-state index contributed by atoms with van der Waals surface area (Å²) in [4.78, 5) is 29.0. The Kier molecular flexibility index (Phi) is 35.9. The van der Waals surface area contributed by atoms with Crippen molar-refractivity contribution in [1.82, 2.24) is 4.90 Å². The van der Waals surface area contributed by atoms with E-state index in [0.29, 0.717) is 19.4 Å². The molecule has 0 amide bonds. The maximum Gasteiger partial charge on any atom is 0.306 e. The third-order valence-corrected chi connectivity index (χ3v) is 27.4. The largest absolute Gasteiger partial charge is 0.497 e. The van der Waals surface area contributed by atoms with Crippen molar-refractivity contribution in [1.29, 1.82) is 0 Å². The fourth-order valence-corrected chi connectivity index (χ4v) is 13.7. The molecule has 0 aliphatic rings. The highest BCUT2D eigenvalue weighted by molar-refractivity contribution is 6.74. The Bertz CT molecular complexity index is 2040. The van der Waals surface area contributed by atoms with Gasteiger partial charge in [-0.05, 0) is 136 Å². The maximum absolute atomic E-state index is 13.2. The third kappa shape index (κ3) is 27.8. The first kappa shape index (κ1) is 74.9. The first-order valence-electron chi connectivity index (χ1n) is 33.9. The number of hydrogen-bond donors (Lipinski definition) is 0. The first-order valence-corrected chi connectivity index (χ1v) is 39.7. The van der Waals surface area contributed by atoms with Crippen LogP contribution in [0.15, 0.2) is 84.9 Å². The molecule has 3 aromatic carbocycles. The zero-order chi connectivity index (χ0) is 61.9. The van der Waals surface area contributed by atoms with Crippen LogP contribution in [-0.2, 0) is 38.3 Å². The van der Waals surface area contributed by atoms with Crippen LogP contribution in [0.4, 0.5) is 0 Å². The summed E-state index contributed by atoms with van der Waals surface area (Å²) < 4.78 is 40.1. The van der Waals surface area contributed by atoms with E-state index in [1.54, 1.807) is 7.11 Å². The second-order valence-electron chi connectivity index (χ2n) is 27.5. The summed E-state index contributed by atoms with van der Waals surface area (Å²) in [5.74, 6) is 0.696. The Balaban J connectivity index is 1.93. The SMILES string of the molecule is CCCCCCCCC(CC)OC(=O)CCCCCC(CN(CCCOC(c1ccccc1)(c1ccccc1)c1ccc(OC)cc1)CC(CCCCCC(=O)OC(CC)CCCCCCCC)O[Si](C)(C)C(C)(C)C)O[Si](C)(C)C(C)(C)C. The molecular formula is C73H125NO8Si2. The van der Waals surface area contributed by atoms with Gasteiger partial charge in [-0.3, -0.25) is 14.5 Å². The summed E-state index contributed by atoms with van der Waals surface area (Å²) in [6.45, 7) is 35.2. The number of carbonyl (C=O) groups is 2. The molecule has 0 N–H and O–H groups in total. The smallest absolute Gasteiger partial charge is 0.306 e. The van der Waals surface area contributed by atoms with Crippen molar-refractivity contribution in [3.63, 3.8) is 0 Å². The number of methoxy groups -OCH3 is 1. The fourth-order valence-electron chi connectivity index (χ4n) is 11.0. The van der Waals surface area contributed by atoms with Gasteiger partial charge in [0.15, 0.2) is 16.6 Å². The minimum absolute atomic E-state index is 0.000116. The molecule has 3 rings (SSSR count). The number of rotatable bonds is 47. The molecular weight excluding hydrogens is 1070 g/mol. The quantitative estimate of drug-likeness (QED) is 0.0237. The van der Waals surface area contributed by atoms with Gasteiger partial charge in [-0.1, -0.05) is 232 Å². The highest BCUT2D eigenvalue weighted by atomic mass is 28.4. The lowest BCUT2D eigenvalue weighted by Gasteiger charge is -2.43. The van der Waals surface area contributed by atoms with Gasteiger partial charge >= 0.3 is 11.9 Å². The lowest BCUT2D eigenvalue weighted by atomic mass is 9.80. The molecule has 478 valence electrons. The van der Waals surface area contributed by atoms with Crippen molar-refractivity contribution in [2.24, 2.45) is 0 Å². The molecule has 9 nitrogen and oxygen atoms in total. The number of ether oxygens (including phenoxy) is 4. The average Bonchev–Trinajstić information content (AvgIpc) is 2.46. The summed E-state index contributed by atoms with van der Waals surface area (Å²) in [5, 5.41) is 0.0643. The van der Waals surface area contributed by atoms with Gasteiger partial charge in [0.05, 0.1) is 19.3 Å². The van der Waals surface area contributed by atoms with Gasteiger partial charge < -0.3 is 27.8 Å². The monoisotopic (exact) mass is 1200 g/mol. The lowest BCUT2D eigenvalue weighted by Crippen LogP contribution is -2.50. The Morgan fingerprint density at radius 3 is 1.18 bits per heavy atom. The number of nitrogens with zero attached hydrogens (tertiary/aromatic N) is 1. The third-order valence-electron chi connectivity index (χ3n) is 18.3. The normalized spacial score (nSPS) is 14.1.